The molecule has 0 saturated heterocycles. The van der Waals surface area contributed by atoms with Crippen LogP contribution in [-0.2, 0) is 4.74 Å². The lowest BCUT2D eigenvalue weighted by Gasteiger charge is -2.17. The largest absolute Gasteiger partial charge is 0.384 e. The molecule has 0 saturated carbocycles. The maximum absolute atomic E-state index is 8.52. The van der Waals surface area contributed by atoms with Gasteiger partial charge in [-0.15, -0.1) is 0 Å². The number of nitriles is 1. The van der Waals surface area contributed by atoms with E-state index in [0.29, 0.717) is 18.4 Å². The summed E-state index contributed by atoms with van der Waals surface area (Å²) in [6.45, 7) is 5.93. The summed E-state index contributed by atoms with van der Waals surface area (Å²) in [4.78, 5) is 0. The monoisotopic (exact) mass is 184 g/mol. The van der Waals surface area contributed by atoms with Crippen LogP contribution >= 0.6 is 0 Å². The fourth-order valence-electron chi connectivity index (χ4n) is 1.18. The minimum atomic E-state index is 0.337. The van der Waals surface area contributed by atoms with Gasteiger partial charge in [-0.1, -0.05) is 13.8 Å². The number of nitrogens with one attached hydrogen (secondary N) is 1. The number of nitrogens with zero attached hydrogens (tertiary/aromatic N) is 1. The molecule has 0 amide bonds. The van der Waals surface area contributed by atoms with Crippen LogP contribution in [0.2, 0.25) is 0 Å². The summed E-state index contributed by atoms with van der Waals surface area (Å²) < 4.78 is 5.02. The maximum Gasteiger partial charge on any atom is 0.0638 e. The second-order valence-electron chi connectivity index (χ2n) is 3.44. The Labute approximate surface area is 81.1 Å². The first-order valence-corrected chi connectivity index (χ1v) is 4.83. The van der Waals surface area contributed by atoms with Crippen molar-refractivity contribution in [1.29, 1.82) is 5.26 Å². The van der Waals surface area contributed by atoms with Crippen LogP contribution in [0.5, 0.6) is 0 Å². The highest BCUT2D eigenvalue weighted by molar-refractivity contribution is 4.79. The maximum atomic E-state index is 8.52. The van der Waals surface area contributed by atoms with Gasteiger partial charge in [0.25, 0.3) is 0 Å². The van der Waals surface area contributed by atoms with Crippen molar-refractivity contribution in [2.45, 2.75) is 32.7 Å². The van der Waals surface area contributed by atoms with Gasteiger partial charge in [0.15, 0.2) is 0 Å². The molecule has 3 heteroatoms. The van der Waals surface area contributed by atoms with Gasteiger partial charge in [0.05, 0.1) is 12.5 Å². The molecule has 0 aromatic heterocycles. The number of hydrogen-bond acceptors (Lipinski definition) is 3. The van der Waals surface area contributed by atoms with Crippen LogP contribution in [0.4, 0.5) is 0 Å². The molecule has 0 aromatic carbocycles. The molecule has 3 nitrogen and oxygen atoms in total. The number of hydrogen-bond donors (Lipinski definition) is 1. The third-order valence-corrected chi connectivity index (χ3v) is 2.04. The van der Waals surface area contributed by atoms with Gasteiger partial charge in [0, 0.05) is 26.3 Å². The van der Waals surface area contributed by atoms with Crippen molar-refractivity contribution in [1.82, 2.24) is 5.32 Å². The lowest BCUT2D eigenvalue weighted by atomic mass is 10.1. The van der Waals surface area contributed by atoms with E-state index in [-0.39, 0.29) is 0 Å². The average Bonchev–Trinajstić information content (AvgIpc) is 2.12. The van der Waals surface area contributed by atoms with Gasteiger partial charge in [-0.2, -0.15) is 5.26 Å². The van der Waals surface area contributed by atoms with E-state index in [1.165, 1.54) is 0 Å². The van der Waals surface area contributed by atoms with Crippen molar-refractivity contribution >= 4 is 0 Å². The van der Waals surface area contributed by atoms with Crippen molar-refractivity contribution in [3.05, 3.63) is 0 Å². The van der Waals surface area contributed by atoms with Gasteiger partial charge in [-0.3, -0.25) is 0 Å². The summed E-state index contributed by atoms with van der Waals surface area (Å²) in [5, 5.41) is 11.9. The van der Waals surface area contributed by atoms with Gasteiger partial charge in [-0.05, 0) is 12.3 Å². The molecule has 0 radical (unpaired) electrons. The molecule has 0 aromatic rings. The van der Waals surface area contributed by atoms with E-state index in [2.05, 4.69) is 25.2 Å². The Balaban J connectivity index is 3.53. The first kappa shape index (κ1) is 12.4. The van der Waals surface area contributed by atoms with E-state index >= 15 is 0 Å². The van der Waals surface area contributed by atoms with Crippen LogP contribution in [0.1, 0.15) is 26.7 Å². The zero-order valence-corrected chi connectivity index (χ0v) is 8.84. The third kappa shape index (κ3) is 6.56. The molecule has 0 fully saturated rings. The summed E-state index contributed by atoms with van der Waals surface area (Å²) >= 11 is 0. The molecule has 0 spiro atoms. The highest BCUT2D eigenvalue weighted by atomic mass is 16.5. The predicted octanol–water partition coefficient (Wildman–Crippen LogP) is 1.55. The Bertz CT molecular complexity index is 153. The Morgan fingerprint density at radius 2 is 2.23 bits per heavy atom. The SMILES string of the molecule is CCC(CC#N)NCC(C)COC. The van der Waals surface area contributed by atoms with Crippen molar-refractivity contribution < 1.29 is 4.74 Å². The lowest BCUT2D eigenvalue weighted by molar-refractivity contribution is 0.156. The second-order valence-corrected chi connectivity index (χ2v) is 3.44. The summed E-state index contributed by atoms with van der Waals surface area (Å²) in [5.74, 6) is 0.512. The molecule has 0 bridgehead atoms. The van der Waals surface area contributed by atoms with Gasteiger partial charge >= 0.3 is 0 Å². The van der Waals surface area contributed by atoms with Crippen LogP contribution < -0.4 is 5.32 Å². The molecular formula is C10H20N2O. The van der Waals surface area contributed by atoms with E-state index in [0.717, 1.165) is 19.6 Å². The quantitative estimate of drug-likeness (QED) is 0.653. The van der Waals surface area contributed by atoms with Crippen molar-refractivity contribution in [2.24, 2.45) is 5.92 Å². The van der Waals surface area contributed by atoms with Gasteiger partial charge in [0.2, 0.25) is 0 Å². The van der Waals surface area contributed by atoms with Crippen LogP contribution in [0, 0.1) is 17.2 Å². The molecular weight excluding hydrogens is 164 g/mol. The Kier molecular flexibility index (Phi) is 7.66. The molecule has 0 aliphatic carbocycles. The number of rotatable bonds is 7. The molecule has 13 heavy (non-hydrogen) atoms. The highest BCUT2D eigenvalue weighted by Crippen LogP contribution is 1.99. The summed E-state index contributed by atoms with van der Waals surface area (Å²) in [6.07, 6.45) is 1.60. The third-order valence-electron chi connectivity index (χ3n) is 2.04. The fourth-order valence-corrected chi connectivity index (χ4v) is 1.18. The van der Waals surface area contributed by atoms with E-state index in [9.17, 15) is 0 Å². The molecule has 0 aliphatic rings. The smallest absolute Gasteiger partial charge is 0.0638 e. The standard InChI is InChI=1S/C10H20N2O/c1-4-10(5-6-11)12-7-9(2)8-13-3/h9-10,12H,4-5,7-8H2,1-3H3. The van der Waals surface area contributed by atoms with E-state index < -0.39 is 0 Å². The topological polar surface area (TPSA) is 45.0 Å². The van der Waals surface area contributed by atoms with Gasteiger partial charge in [0.1, 0.15) is 0 Å². The van der Waals surface area contributed by atoms with Gasteiger partial charge in [-0.25, -0.2) is 0 Å². The van der Waals surface area contributed by atoms with E-state index in [1.807, 2.05) is 0 Å². The zero-order valence-electron chi connectivity index (χ0n) is 8.84. The van der Waals surface area contributed by atoms with Gasteiger partial charge < -0.3 is 10.1 Å². The number of methoxy groups -OCH3 is 1. The first-order chi connectivity index (χ1) is 6.24. The molecule has 2 unspecified atom stereocenters. The second kappa shape index (κ2) is 8.03. The van der Waals surface area contributed by atoms with E-state index in [1.54, 1.807) is 7.11 Å². The first-order valence-electron chi connectivity index (χ1n) is 4.83. The van der Waals surface area contributed by atoms with Crippen LogP contribution in [0.3, 0.4) is 0 Å². The number of ether oxygens (including phenoxy) is 1. The Morgan fingerprint density at radius 3 is 2.69 bits per heavy atom. The summed E-state index contributed by atoms with van der Waals surface area (Å²) in [7, 11) is 1.71. The zero-order chi connectivity index (χ0) is 10.1. The molecule has 2 atom stereocenters. The predicted molar refractivity (Wildman–Crippen MR) is 53.4 cm³/mol. The van der Waals surface area contributed by atoms with Crippen LogP contribution in [0.15, 0.2) is 0 Å². The minimum absolute atomic E-state index is 0.337. The Hall–Kier alpha value is -0.590. The van der Waals surface area contributed by atoms with E-state index in [4.69, 9.17) is 10.00 Å². The fraction of sp³-hybridized carbons (Fsp3) is 0.900. The normalized spacial score (nSPS) is 14.9. The molecule has 76 valence electrons. The van der Waals surface area contributed by atoms with Crippen molar-refractivity contribution in [3.8, 4) is 6.07 Å². The lowest BCUT2D eigenvalue weighted by Crippen LogP contribution is -2.33. The van der Waals surface area contributed by atoms with Crippen molar-refractivity contribution in [2.75, 3.05) is 20.3 Å². The molecule has 1 N–H and O–H groups in total. The van der Waals surface area contributed by atoms with Crippen LogP contribution in [-0.4, -0.2) is 26.3 Å². The molecule has 0 rings (SSSR count). The van der Waals surface area contributed by atoms with Crippen LogP contribution in [0.25, 0.3) is 0 Å². The Morgan fingerprint density at radius 1 is 1.54 bits per heavy atom. The molecule has 0 aliphatic heterocycles. The average molecular weight is 184 g/mol. The minimum Gasteiger partial charge on any atom is -0.384 e. The molecule has 0 heterocycles. The highest BCUT2D eigenvalue weighted by Gasteiger charge is 2.07. The summed E-state index contributed by atoms with van der Waals surface area (Å²) in [6, 6.07) is 2.52. The summed E-state index contributed by atoms with van der Waals surface area (Å²) in [5.41, 5.74) is 0. The van der Waals surface area contributed by atoms with Crippen molar-refractivity contribution in [3.63, 3.8) is 0 Å².